The summed E-state index contributed by atoms with van der Waals surface area (Å²) in [6.45, 7) is 1.88. The van der Waals surface area contributed by atoms with Crippen LogP contribution in [0.15, 0.2) is 66.7 Å². The number of urea groups is 1. The summed E-state index contributed by atoms with van der Waals surface area (Å²) in [4.78, 5) is 14.4. The number of hydrogen-bond donors (Lipinski definition) is 1. The van der Waals surface area contributed by atoms with E-state index in [0.29, 0.717) is 37.7 Å². The van der Waals surface area contributed by atoms with E-state index in [1.165, 1.54) is 0 Å². The van der Waals surface area contributed by atoms with E-state index >= 15 is 0 Å². The van der Waals surface area contributed by atoms with E-state index in [0.717, 1.165) is 16.5 Å². The number of fused-ring (bicyclic) bond motifs is 1. The van der Waals surface area contributed by atoms with Crippen molar-refractivity contribution in [3.63, 3.8) is 0 Å². The third kappa shape index (κ3) is 4.60. The molecule has 1 aliphatic rings. The maximum absolute atomic E-state index is 12.6. The molecule has 1 heterocycles. The molecule has 1 fully saturated rings. The number of carbonyl (C=O) groups is 1. The van der Waals surface area contributed by atoms with Gasteiger partial charge >= 0.3 is 6.03 Å². The Balaban J connectivity index is 1.36. The molecule has 6 heteroatoms. The molecular weight excluding hydrogens is 368 g/mol. The fraction of sp³-hybridized carbons (Fsp3) is 0.261. The van der Waals surface area contributed by atoms with Gasteiger partial charge in [0.15, 0.2) is 0 Å². The highest BCUT2D eigenvalue weighted by molar-refractivity contribution is 5.89. The Bertz CT molecular complexity index is 986. The number of nitrogens with one attached hydrogen (secondary N) is 1. The zero-order chi connectivity index (χ0) is 20.1. The summed E-state index contributed by atoms with van der Waals surface area (Å²) in [6, 6.07) is 21.3. The Morgan fingerprint density at radius 3 is 2.86 bits per heavy atom. The maximum Gasteiger partial charge on any atom is 0.322 e. The molecule has 150 valence electrons. The number of carbonyl (C=O) groups excluding carboxylic acids is 1. The van der Waals surface area contributed by atoms with Gasteiger partial charge in [-0.2, -0.15) is 0 Å². The minimum absolute atomic E-state index is 0.156. The Morgan fingerprint density at radius 2 is 1.97 bits per heavy atom. The molecule has 0 aliphatic carbocycles. The quantitative estimate of drug-likeness (QED) is 0.708. The van der Waals surface area contributed by atoms with Crippen LogP contribution in [-0.2, 0) is 4.74 Å². The van der Waals surface area contributed by atoms with Crippen LogP contribution in [0.2, 0.25) is 0 Å². The number of ether oxygens (including phenoxy) is 3. The lowest BCUT2D eigenvalue weighted by atomic mass is 10.1. The largest absolute Gasteiger partial charge is 0.497 e. The molecule has 0 aromatic heterocycles. The van der Waals surface area contributed by atoms with Crippen LogP contribution in [0.25, 0.3) is 10.8 Å². The fourth-order valence-corrected chi connectivity index (χ4v) is 3.41. The third-order valence-electron chi connectivity index (χ3n) is 4.92. The van der Waals surface area contributed by atoms with Crippen LogP contribution in [0.3, 0.4) is 0 Å². The standard InChI is InChI=1S/C23H24N2O4/c1-27-19-9-5-8-18(14-19)24-23(26)25-12-13-28-20(15-25)16-29-22-11-4-7-17-6-2-3-10-21(17)22/h2-11,14,20H,12-13,15-16H2,1H3,(H,24,26). The second kappa shape index (κ2) is 8.84. The number of benzene rings is 3. The highest BCUT2D eigenvalue weighted by Crippen LogP contribution is 2.25. The van der Waals surface area contributed by atoms with Gasteiger partial charge < -0.3 is 24.4 Å². The lowest BCUT2D eigenvalue weighted by Crippen LogP contribution is -2.49. The molecule has 0 radical (unpaired) electrons. The van der Waals surface area contributed by atoms with Crippen molar-refractivity contribution in [2.75, 3.05) is 38.7 Å². The average molecular weight is 392 g/mol. The van der Waals surface area contributed by atoms with Gasteiger partial charge in [0.2, 0.25) is 0 Å². The summed E-state index contributed by atoms with van der Waals surface area (Å²) < 4.78 is 17.0. The molecule has 0 spiro atoms. The molecule has 2 amide bonds. The van der Waals surface area contributed by atoms with Crippen LogP contribution in [0.1, 0.15) is 0 Å². The minimum atomic E-state index is -0.182. The van der Waals surface area contributed by atoms with Crippen LogP contribution >= 0.6 is 0 Å². The van der Waals surface area contributed by atoms with Gasteiger partial charge in [0.1, 0.15) is 24.2 Å². The van der Waals surface area contributed by atoms with E-state index in [4.69, 9.17) is 14.2 Å². The third-order valence-corrected chi connectivity index (χ3v) is 4.92. The molecule has 6 nitrogen and oxygen atoms in total. The van der Waals surface area contributed by atoms with Crippen LogP contribution in [0.5, 0.6) is 11.5 Å². The van der Waals surface area contributed by atoms with E-state index in [1.807, 2.05) is 48.5 Å². The zero-order valence-electron chi connectivity index (χ0n) is 16.3. The van der Waals surface area contributed by atoms with Crippen LogP contribution < -0.4 is 14.8 Å². The first-order valence-electron chi connectivity index (χ1n) is 9.65. The molecule has 1 N–H and O–H groups in total. The molecule has 1 saturated heterocycles. The van der Waals surface area contributed by atoms with E-state index in [9.17, 15) is 4.79 Å². The second-order valence-corrected chi connectivity index (χ2v) is 6.89. The topological polar surface area (TPSA) is 60.0 Å². The minimum Gasteiger partial charge on any atom is -0.497 e. The predicted octanol–water partition coefficient (Wildman–Crippen LogP) is 4.16. The van der Waals surface area contributed by atoms with Gasteiger partial charge in [0.25, 0.3) is 0 Å². The Labute approximate surface area is 170 Å². The summed E-state index contributed by atoms with van der Waals surface area (Å²) in [7, 11) is 1.60. The Morgan fingerprint density at radius 1 is 1.14 bits per heavy atom. The van der Waals surface area contributed by atoms with Crippen molar-refractivity contribution in [3.8, 4) is 11.5 Å². The van der Waals surface area contributed by atoms with E-state index in [-0.39, 0.29) is 12.1 Å². The lowest BCUT2D eigenvalue weighted by molar-refractivity contribution is -0.0334. The highest BCUT2D eigenvalue weighted by Gasteiger charge is 2.25. The first-order valence-corrected chi connectivity index (χ1v) is 9.65. The highest BCUT2D eigenvalue weighted by atomic mass is 16.5. The van der Waals surface area contributed by atoms with Crippen molar-refractivity contribution in [2.45, 2.75) is 6.10 Å². The first kappa shape index (κ1) is 19.1. The molecule has 1 unspecified atom stereocenters. The SMILES string of the molecule is COc1cccc(NC(=O)N2CCOC(COc3cccc4ccccc34)C2)c1. The number of morpholine rings is 1. The van der Waals surface area contributed by atoms with E-state index in [2.05, 4.69) is 17.4 Å². The van der Waals surface area contributed by atoms with Gasteiger partial charge in [-0.3, -0.25) is 0 Å². The van der Waals surface area contributed by atoms with Gasteiger partial charge in [-0.05, 0) is 23.6 Å². The molecule has 3 aromatic rings. The molecule has 1 atom stereocenters. The predicted molar refractivity (Wildman–Crippen MR) is 113 cm³/mol. The summed E-state index contributed by atoms with van der Waals surface area (Å²) in [5.74, 6) is 1.52. The Kier molecular flexibility index (Phi) is 5.81. The summed E-state index contributed by atoms with van der Waals surface area (Å²) in [5.41, 5.74) is 0.699. The van der Waals surface area contributed by atoms with Gasteiger partial charge in [0, 0.05) is 23.7 Å². The van der Waals surface area contributed by atoms with Gasteiger partial charge in [-0.25, -0.2) is 4.79 Å². The lowest BCUT2D eigenvalue weighted by Gasteiger charge is -2.32. The number of methoxy groups -OCH3 is 1. The van der Waals surface area contributed by atoms with Crippen molar-refractivity contribution in [1.82, 2.24) is 4.90 Å². The van der Waals surface area contributed by atoms with Crippen LogP contribution in [0, 0.1) is 0 Å². The second-order valence-electron chi connectivity index (χ2n) is 6.89. The molecule has 1 aliphatic heterocycles. The van der Waals surface area contributed by atoms with Crippen molar-refractivity contribution >= 4 is 22.5 Å². The number of nitrogens with zero attached hydrogens (tertiary/aromatic N) is 1. The normalized spacial score (nSPS) is 16.4. The summed E-state index contributed by atoms with van der Waals surface area (Å²) >= 11 is 0. The maximum atomic E-state index is 12.6. The molecular formula is C23H24N2O4. The van der Waals surface area contributed by atoms with Gasteiger partial charge in [-0.1, -0.05) is 42.5 Å². The molecule has 3 aromatic carbocycles. The van der Waals surface area contributed by atoms with E-state index < -0.39 is 0 Å². The van der Waals surface area contributed by atoms with Crippen molar-refractivity contribution < 1.29 is 19.0 Å². The summed E-state index contributed by atoms with van der Waals surface area (Å²) in [6.07, 6.45) is -0.182. The van der Waals surface area contributed by atoms with Crippen molar-refractivity contribution in [1.29, 1.82) is 0 Å². The first-order chi connectivity index (χ1) is 14.2. The molecule has 0 bridgehead atoms. The number of anilines is 1. The van der Waals surface area contributed by atoms with Gasteiger partial charge in [0.05, 0.1) is 20.3 Å². The van der Waals surface area contributed by atoms with Crippen molar-refractivity contribution in [3.05, 3.63) is 66.7 Å². The monoisotopic (exact) mass is 392 g/mol. The zero-order valence-corrected chi connectivity index (χ0v) is 16.3. The number of amides is 2. The van der Waals surface area contributed by atoms with Crippen molar-refractivity contribution in [2.24, 2.45) is 0 Å². The Hall–Kier alpha value is -3.25. The number of hydrogen-bond acceptors (Lipinski definition) is 4. The van der Waals surface area contributed by atoms with Crippen LogP contribution in [0.4, 0.5) is 10.5 Å². The van der Waals surface area contributed by atoms with E-state index in [1.54, 1.807) is 18.1 Å². The molecule has 29 heavy (non-hydrogen) atoms. The number of rotatable bonds is 5. The summed E-state index contributed by atoms with van der Waals surface area (Å²) in [5, 5.41) is 5.12. The van der Waals surface area contributed by atoms with Gasteiger partial charge in [-0.15, -0.1) is 0 Å². The molecule has 4 rings (SSSR count). The average Bonchev–Trinajstić information content (AvgIpc) is 2.78. The fourth-order valence-electron chi connectivity index (χ4n) is 3.41. The smallest absolute Gasteiger partial charge is 0.322 e. The molecule has 0 saturated carbocycles. The van der Waals surface area contributed by atoms with Crippen LogP contribution in [-0.4, -0.2) is 50.4 Å².